The number of hydrogen-bond donors (Lipinski definition) is 7. The van der Waals surface area contributed by atoms with Crippen molar-refractivity contribution in [2.24, 2.45) is 17.2 Å². The smallest absolute Gasteiger partial charge is 0.256 e. The Morgan fingerprint density at radius 3 is 2.15 bits per heavy atom. The molecule has 0 aliphatic heterocycles. The van der Waals surface area contributed by atoms with Crippen molar-refractivity contribution >= 4 is 37.1 Å². The second-order valence-corrected chi connectivity index (χ2v) is 6.09. The molecule has 0 unspecified atom stereocenters. The van der Waals surface area contributed by atoms with E-state index in [-0.39, 0.29) is 5.75 Å². The first-order chi connectivity index (χ1) is 9.00. The van der Waals surface area contributed by atoms with Crippen molar-refractivity contribution in [1.29, 1.82) is 0 Å². The lowest BCUT2D eigenvalue weighted by Crippen LogP contribution is -2.68. The maximum Gasteiger partial charge on any atom is 0.256 e. The molecule has 2 amide bonds. The van der Waals surface area contributed by atoms with E-state index in [4.69, 9.17) is 17.2 Å². The van der Waals surface area contributed by atoms with Gasteiger partial charge in [0.25, 0.3) is 5.91 Å². The van der Waals surface area contributed by atoms with Crippen LogP contribution in [0.2, 0.25) is 0 Å². The Hall–Kier alpha value is -0.900. The van der Waals surface area contributed by atoms with Crippen molar-refractivity contribution in [3.8, 4) is 0 Å². The molecule has 0 heterocycles. The van der Waals surface area contributed by atoms with Crippen molar-refractivity contribution in [2.45, 2.75) is 30.6 Å². The minimum atomic E-state index is -1.64. The molecule has 1 aliphatic rings. The third-order valence-corrected chi connectivity index (χ3v) is 4.12. The Morgan fingerprint density at radius 1 is 1.30 bits per heavy atom. The molecule has 7 nitrogen and oxygen atoms in total. The summed E-state index contributed by atoms with van der Waals surface area (Å²) in [5.41, 5.74) is 13.8. The van der Waals surface area contributed by atoms with Crippen molar-refractivity contribution in [3.05, 3.63) is 11.8 Å². The van der Waals surface area contributed by atoms with Gasteiger partial charge in [0.1, 0.15) is 11.1 Å². The maximum atomic E-state index is 12.2. The first-order valence-corrected chi connectivity index (χ1v) is 7.21. The van der Waals surface area contributed by atoms with E-state index >= 15 is 0 Å². The summed E-state index contributed by atoms with van der Waals surface area (Å²) >= 11 is 8.04. The van der Waals surface area contributed by atoms with Gasteiger partial charge in [-0.25, -0.2) is 0 Å². The first-order valence-electron chi connectivity index (χ1n) is 5.94. The maximum absolute atomic E-state index is 12.2. The van der Waals surface area contributed by atoms with Crippen LogP contribution in [0.25, 0.3) is 0 Å². The number of amides is 2. The van der Waals surface area contributed by atoms with Crippen LogP contribution in [0.15, 0.2) is 11.8 Å². The number of nitrogens with one attached hydrogen (secondary N) is 2. The van der Waals surface area contributed by atoms with Gasteiger partial charge in [0, 0.05) is 17.2 Å². The summed E-state index contributed by atoms with van der Waals surface area (Å²) in [4.78, 5) is 24.1. The molecule has 0 fully saturated rings. The van der Waals surface area contributed by atoms with Crippen LogP contribution in [0.3, 0.4) is 0 Å². The van der Waals surface area contributed by atoms with Crippen LogP contribution in [0.5, 0.6) is 0 Å². The fourth-order valence-electron chi connectivity index (χ4n) is 1.40. The molecular weight excluding hydrogens is 298 g/mol. The van der Waals surface area contributed by atoms with Crippen molar-refractivity contribution in [2.75, 3.05) is 11.5 Å². The topological polar surface area (TPSA) is 136 Å². The fourth-order valence-corrected chi connectivity index (χ4v) is 1.90. The van der Waals surface area contributed by atoms with Crippen molar-refractivity contribution < 1.29 is 9.59 Å². The lowest BCUT2D eigenvalue weighted by atomic mass is 10.0. The summed E-state index contributed by atoms with van der Waals surface area (Å²) in [5, 5.41) is 5.23. The molecule has 0 aromatic heterocycles. The van der Waals surface area contributed by atoms with Gasteiger partial charge in [0.2, 0.25) is 5.91 Å². The quantitative estimate of drug-likeness (QED) is 0.226. The highest BCUT2D eigenvalue weighted by molar-refractivity contribution is 7.80. The zero-order chi connectivity index (χ0) is 15.8. The molecule has 0 saturated carbocycles. The molecule has 0 saturated heterocycles. The molecule has 0 bridgehead atoms. The van der Waals surface area contributed by atoms with Gasteiger partial charge < -0.3 is 27.8 Å². The van der Waals surface area contributed by atoms with Crippen LogP contribution in [0.4, 0.5) is 0 Å². The second-order valence-electron chi connectivity index (χ2n) is 5.46. The Morgan fingerprint density at radius 2 is 1.80 bits per heavy atom. The van der Waals surface area contributed by atoms with E-state index in [2.05, 4.69) is 35.9 Å². The molecule has 0 radical (unpaired) electrons. The van der Waals surface area contributed by atoms with E-state index in [1.165, 1.54) is 0 Å². The minimum absolute atomic E-state index is 0.0500. The average Bonchev–Trinajstić information content (AvgIpc) is 2.99. The van der Waals surface area contributed by atoms with E-state index in [1.54, 1.807) is 19.9 Å². The number of thiol groups is 2. The summed E-state index contributed by atoms with van der Waals surface area (Å²) in [5.74, 6) is -0.773. The zero-order valence-corrected chi connectivity index (χ0v) is 13.2. The number of carbonyl (C=O) groups excluding carboxylic acids is 2. The molecule has 0 aromatic carbocycles. The van der Waals surface area contributed by atoms with Gasteiger partial charge in [-0.05, 0) is 19.9 Å². The van der Waals surface area contributed by atoms with Gasteiger partial charge in [0.15, 0.2) is 5.66 Å². The predicted molar refractivity (Wildman–Crippen MR) is 84.2 cm³/mol. The Kier molecular flexibility index (Phi) is 4.69. The minimum Gasteiger partial charge on any atom is -0.400 e. The van der Waals surface area contributed by atoms with Gasteiger partial charge in [-0.1, -0.05) is 0 Å². The number of carbonyl (C=O) groups is 2. The van der Waals surface area contributed by atoms with Crippen LogP contribution >= 0.6 is 25.3 Å². The molecule has 0 aromatic rings. The highest BCUT2D eigenvalue weighted by Gasteiger charge is 2.46. The average molecular weight is 319 g/mol. The molecule has 9 heteroatoms. The Bertz CT molecular complexity index is 464. The standard InChI is InChI=1S/C11H21N5O2S2/c1-9(2,15-8(18)11(13,14)5-20)7(17)16-10(4-19)3-6(10)12/h3,19-20H,4-5,12-14H2,1-2H3,(H,15,18)(H,16,17)/t10-/m1/s1. The number of nitrogens with two attached hydrogens (primary N) is 3. The monoisotopic (exact) mass is 319 g/mol. The Balaban J connectivity index is 2.69. The van der Waals surface area contributed by atoms with Crippen molar-refractivity contribution in [1.82, 2.24) is 10.6 Å². The lowest BCUT2D eigenvalue weighted by Gasteiger charge is -2.31. The van der Waals surface area contributed by atoms with Gasteiger partial charge in [-0.15, -0.1) is 0 Å². The second kappa shape index (κ2) is 5.47. The Labute approximate surface area is 128 Å². The molecule has 1 rings (SSSR count). The van der Waals surface area contributed by atoms with Crippen LogP contribution in [-0.4, -0.2) is 40.1 Å². The van der Waals surface area contributed by atoms with Crippen LogP contribution in [0.1, 0.15) is 13.8 Å². The molecule has 0 spiro atoms. The van der Waals surface area contributed by atoms with E-state index in [0.717, 1.165) is 0 Å². The van der Waals surface area contributed by atoms with E-state index < -0.39 is 28.6 Å². The number of rotatable bonds is 6. The summed E-state index contributed by atoms with van der Waals surface area (Å²) in [6.45, 7) is 3.08. The molecule has 20 heavy (non-hydrogen) atoms. The van der Waals surface area contributed by atoms with E-state index in [9.17, 15) is 9.59 Å². The molecule has 1 atom stereocenters. The molecule has 1 aliphatic carbocycles. The predicted octanol–water partition coefficient (Wildman–Crippen LogP) is -1.93. The van der Waals surface area contributed by atoms with Crippen LogP contribution in [0, 0.1) is 0 Å². The zero-order valence-electron chi connectivity index (χ0n) is 11.4. The molecule has 8 N–H and O–H groups in total. The fraction of sp³-hybridized carbons (Fsp3) is 0.636. The summed E-state index contributed by atoms with van der Waals surface area (Å²) in [6, 6.07) is 0. The van der Waals surface area contributed by atoms with Crippen LogP contribution in [-0.2, 0) is 9.59 Å². The van der Waals surface area contributed by atoms with Crippen LogP contribution < -0.4 is 27.8 Å². The van der Waals surface area contributed by atoms with Gasteiger partial charge >= 0.3 is 0 Å². The van der Waals surface area contributed by atoms with Gasteiger partial charge in [0.05, 0.1) is 0 Å². The van der Waals surface area contributed by atoms with Crippen molar-refractivity contribution in [3.63, 3.8) is 0 Å². The summed E-state index contributed by atoms with van der Waals surface area (Å²) in [6.07, 6.45) is 1.69. The van der Waals surface area contributed by atoms with Gasteiger partial charge in [-0.2, -0.15) is 25.3 Å². The largest absolute Gasteiger partial charge is 0.400 e. The first kappa shape index (κ1) is 17.2. The molecular formula is C11H21N5O2S2. The summed E-state index contributed by atoms with van der Waals surface area (Å²) in [7, 11) is 0. The highest BCUT2D eigenvalue weighted by atomic mass is 32.1. The van der Waals surface area contributed by atoms with Gasteiger partial charge in [-0.3, -0.25) is 9.59 Å². The number of hydrogen-bond acceptors (Lipinski definition) is 7. The lowest BCUT2D eigenvalue weighted by molar-refractivity contribution is -0.134. The van der Waals surface area contributed by atoms with E-state index in [1.807, 2.05) is 0 Å². The third-order valence-electron chi connectivity index (χ3n) is 3.10. The summed E-state index contributed by atoms with van der Waals surface area (Å²) < 4.78 is 0. The third kappa shape index (κ3) is 3.40. The normalized spacial score (nSPS) is 22.0. The SMILES string of the molecule is CC(C)(NC(=O)C(N)(N)CS)C(=O)N[C@@]1(CS)C=C1N. The van der Waals surface area contributed by atoms with E-state index in [0.29, 0.717) is 11.4 Å². The molecule has 114 valence electrons. The highest BCUT2D eigenvalue weighted by Crippen LogP contribution is 2.31.